The number of carbonyl (C=O) groups is 1. The highest BCUT2D eigenvalue weighted by Gasteiger charge is 2.51. The average Bonchev–Trinajstić information content (AvgIpc) is 3.27. The molecule has 4 rings (SSSR count). The van der Waals surface area contributed by atoms with Crippen molar-refractivity contribution in [3.63, 3.8) is 0 Å². The standard InChI is InChI=1S/C17H20N4O5/c1-24-13-5-3-2-4-12(13)18-15(22)9-21-8-14(19-20-21)17(23)7-6-11-10-25-16(17)26-11/h2-5,8,11,16,23H,6-7,9-10H2,1H3,(H,18,22)/t11-,16+,17?/m0/s1. The van der Waals surface area contributed by atoms with Gasteiger partial charge in [0, 0.05) is 0 Å². The third kappa shape index (κ3) is 3.05. The van der Waals surface area contributed by atoms with Crippen molar-refractivity contribution in [1.82, 2.24) is 15.0 Å². The molecule has 2 aromatic rings. The minimum absolute atomic E-state index is 0.0296. The van der Waals surface area contributed by atoms with Crippen LogP contribution in [0.5, 0.6) is 5.75 Å². The topological polar surface area (TPSA) is 108 Å². The molecular weight excluding hydrogens is 340 g/mol. The molecule has 3 heterocycles. The molecule has 1 aromatic heterocycles. The van der Waals surface area contributed by atoms with Crippen LogP contribution in [-0.2, 0) is 26.4 Å². The molecule has 9 nitrogen and oxygen atoms in total. The van der Waals surface area contributed by atoms with Crippen molar-refractivity contribution in [2.24, 2.45) is 0 Å². The number of fused-ring (bicyclic) bond motifs is 2. The van der Waals surface area contributed by atoms with E-state index < -0.39 is 11.9 Å². The zero-order chi connectivity index (χ0) is 18.1. The summed E-state index contributed by atoms with van der Waals surface area (Å²) in [5, 5.41) is 21.6. The van der Waals surface area contributed by atoms with Gasteiger partial charge in [-0.25, -0.2) is 4.68 Å². The maximum atomic E-state index is 12.3. The number of benzene rings is 1. The summed E-state index contributed by atoms with van der Waals surface area (Å²) in [5.74, 6) is 0.289. The first-order valence-corrected chi connectivity index (χ1v) is 8.41. The molecule has 1 aromatic carbocycles. The number of hydrogen-bond acceptors (Lipinski definition) is 7. The molecule has 1 amide bonds. The van der Waals surface area contributed by atoms with E-state index in [-0.39, 0.29) is 18.6 Å². The van der Waals surface area contributed by atoms with Crippen LogP contribution in [-0.4, -0.2) is 52.1 Å². The lowest BCUT2D eigenvalue weighted by atomic mass is 9.90. The Morgan fingerprint density at radius 1 is 1.50 bits per heavy atom. The van der Waals surface area contributed by atoms with E-state index in [0.717, 1.165) is 0 Å². The number of aromatic nitrogens is 3. The number of carbonyl (C=O) groups excluding carboxylic acids is 1. The van der Waals surface area contributed by atoms with Gasteiger partial charge in [-0.1, -0.05) is 17.3 Å². The highest BCUT2D eigenvalue weighted by molar-refractivity contribution is 5.92. The SMILES string of the molecule is COc1ccccc1NC(=O)Cn1cc(C2(O)CC[C@H]3CO[C@@H]2O3)nn1. The van der Waals surface area contributed by atoms with Gasteiger partial charge in [-0.15, -0.1) is 5.10 Å². The van der Waals surface area contributed by atoms with Crippen molar-refractivity contribution in [3.05, 3.63) is 36.2 Å². The number of nitrogens with one attached hydrogen (secondary N) is 1. The Labute approximate surface area is 149 Å². The third-order valence-electron chi connectivity index (χ3n) is 4.66. The van der Waals surface area contributed by atoms with Crippen LogP contribution in [0.2, 0.25) is 0 Å². The largest absolute Gasteiger partial charge is 0.495 e. The van der Waals surface area contributed by atoms with Crippen LogP contribution in [0.3, 0.4) is 0 Å². The zero-order valence-corrected chi connectivity index (χ0v) is 14.3. The minimum atomic E-state index is -1.34. The van der Waals surface area contributed by atoms with E-state index in [0.29, 0.717) is 36.6 Å². The maximum absolute atomic E-state index is 12.3. The van der Waals surface area contributed by atoms with Gasteiger partial charge >= 0.3 is 0 Å². The lowest BCUT2D eigenvalue weighted by Gasteiger charge is -2.34. The average molecular weight is 360 g/mol. The van der Waals surface area contributed by atoms with Crippen LogP contribution in [0.4, 0.5) is 5.69 Å². The number of methoxy groups -OCH3 is 1. The molecule has 0 aliphatic carbocycles. The van der Waals surface area contributed by atoms with Gasteiger partial charge in [-0.2, -0.15) is 0 Å². The van der Waals surface area contributed by atoms with Gasteiger partial charge < -0.3 is 24.6 Å². The van der Waals surface area contributed by atoms with Crippen molar-refractivity contribution in [3.8, 4) is 5.75 Å². The normalized spacial score (nSPS) is 27.3. The van der Waals surface area contributed by atoms with E-state index in [1.165, 1.54) is 11.8 Å². The van der Waals surface area contributed by atoms with Crippen molar-refractivity contribution >= 4 is 11.6 Å². The number of ether oxygens (including phenoxy) is 3. The Hall–Kier alpha value is -2.49. The summed E-state index contributed by atoms with van der Waals surface area (Å²) < 4.78 is 17.7. The van der Waals surface area contributed by atoms with Crippen molar-refractivity contribution < 1.29 is 24.1 Å². The number of amides is 1. The molecule has 2 fully saturated rings. The Balaban J connectivity index is 1.44. The molecule has 2 aliphatic heterocycles. The fourth-order valence-electron chi connectivity index (χ4n) is 3.26. The Morgan fingerprint density at radius 2 is 2.35 bits per heavy atom. The predicted octanol–water partition coefficient (Wildman–Crippen LogP) is 0.648. The van der Waals surface area contributed by atoms with Gasteiger partial charge in [-0.3, -0.25) is 4.79 Å². The summed E-state index contributed by atoms with van der Waals surface area (Å²) in [7, 11) is 1.54. The fraction of sp³-hybridized carbons (Fsp3) is 0.471. The first-order valence-electron chi connectivity index (χ1n) is 8.41. The zero-order valence-electron chi connectivity index (χ0n) is 14.3. The maximum Gasteiger partial charge on any atom is 0.246 e. The molecule has 2 bridgehead atoms. The summed E-state index contributed by atoms with van der Waals surface area (Å²) in [5.41, 5.74) is -0.428. The van der Waals surface area contributed by atoms with E-state index in [1.54, 1.807) is 24.4 Å². The number of hydrogen-bond donors (Lipinski definition) is 2. The third-order valence-corrected chi connectivity index (χ3v) is 4.66. The summed E-state index contributed by atoms with van der Waals surface area (Å²) >= 11 is 0. The van der Waals surface area contributed by atoms with Crippen LogP contribution < -0.4 is 10.1 Å². The van der Waals surface area contributed by atoms with E-state index in [4.69, 9.17) is 14.2 Å². The van der Waals surface area contributed by atoms with Crippen LogP contribution >= 0.6 is 0 Å². The van der Waals surface area contributed by atoms with E-state index in [2.05, 4.69) is 15.6 Å². The van der Waals surface area contributed by atoms with Crippen LogP contribution in [0.1, 0.15) is 18.5 Å². The summed E-state index contributed by atoms with van der Waals surface area (Å²) in [6, 6.07) is 7.13. The highest BCUT2D eigenvalue weighted by Crippen LogP contribution is 2.40. The number of para-hydroxylation sites is 2. The number of rotatable bonds is 5. The van der Waals surface area contributed by atoms with Crippen LogP contribution in [0, 0.1) is 0 Å². The molecule has 9 heteroatoms. The molecule has 26 heavy (non-hydrogen) atoms. The summed E-state index contributed by atoms with van der Waals surface area (Å²) in [6.07, 6.45) is 2.01. The van der Waals surface area contributed by atoms with Gasteiger partial charge in [0.2, 0.25) is 5.91 Å². The first kappa shape index (κ1) is 17.0. The molecular formula is C17H20N4O5. The quantitative estimate of drug-likeness (QED) is 0.806. The van der Waals surface area contributed by atoms with Gasteiger partial charge in [0.1, 0.15) is 18.0 Å². The van der Waals surface area contributed by atoms with E-state index in [9.17, 15) is 9.90 Å². The lowest BCUT2D eigenvalue weighted by Crippen LogP contribution is -2.44. The number of aliphatic hydroxyl groups is 1. The number of nitrogens with zero attached hydrogens (tertiary/aromatic N) is 3. The molecule has 3 atom stereocenters. The molecule has 0 radical (unpaired) electrons. The second-order valence-electron chi connectivity index (χ2n) is 6.44. The van der Waals surface area contributed by atoms with Crippen molar-refractivity contribution in [2.45, 2.75) is 37.4 Å². The molecule has 2 N–H and O–H groups in total. The van der Waals surface area contributed by atoms with E-state index in [1.807, 2.05) is 6.07 Å². The van der Waals surface area contributed by atoms with Gasteiger partial charge in [0.25, 0.3) is 0 Å². The van der Waals surface area contributed by atoms with Crippen LogP contribution in [0.15, 0.2) is 30.5 Å². The second kappa shape index (κ2) is 6.67. The van der Waals surface area contributed by atoms with Crippen molar-refractivity contribution in [2.75, 3.05) is 19.0 Å². The minimum Gasteiger partial charge on any atom is -0.495 e. The van der Waals surface area contributed by atoms with Crippen LogP contribution in [0.25, 0.3) is 0 Å². The molecule has 2 aliphatic rings. The summed E-state index contributed by atoms with van der Waals surface area (Å²) in [4.78, 5) is 12.3. The molecule has 138 valence electrons. The molecule has 1 unspecified atom stereocenters. The summed E-state index contributed by atoms with van der Waals surface area (Å²) in [6.45, 7) is 0.429. The number of anilines is 1. The fourth-order valence-corrected chi connectivity index (χ4v) is 3.26. The second-order valence-corrected chi connectivity index (χ2v) is 6.44. The first-order chi connectivity index (χ1) is 12.6. The Kier molecular flexibility index (Phi) is 4.35. The predicted molar refractivity (Wildman–Crippen MR) is 89.4 cm³/mol. The highest BCUT2D eigenvalue weighted by atomic mass is 16.7. The smallest absolute Gasteiger partial charge is 0.246 e. The molecule has 0 saturated carbocycles. The van der Waals surface area contributed by atoms with E-state index >= 15 is 0 Å². The monoisotopic (exact) mass is 360 g/mol. The van der Waals surface area contributed by atoms with Gasteiger partial charge in [0.15, 0.2) is 11.9 Å². The molecule has 0 spiro atoms. The van der Waals surface area contributed by atoms with Gasteiger partial charge in [0.05, 0.1) is 31.7 Å². The van der Waals surface area contributed by atoms with Crippen molar-refractivity contribution in [1.29, 1.82) is 0 Å². The Morgan fingerprint density at radius 3 is 3.19 bits per heavy atom. The molecule has 2 saturated heterocycles. The van der Waals surface area contributed by atoms with Gasteiger partial charge in [-0.05, 0) is 25.0 Å². The Bertz CT molecular complexity index is 810. The lowest BCUT2D eigenvalue weighted by molar-refractivity contribution is -0.219.